The Kier molecular flexibility index (Phi) is 3.12. The molecule has 86 valence electrons. The molecule has 0 saturated heterocycles. The van der Waals surface area contributed by atoms with Crippen molar-refractivity contribution in [3.05, 3.63) is 36.4 Å². The smallest absolute Gasteiger partial charge is 0.140 e. The fourth-order valence-electron chi connectivity index (χ4n) is 1.56. The van der Waals surface area contributed by atoms with Gasteiger partial charge in [0, 0.05) is 7.05 Å². The monoisotopic (exact) mass is 227 g/mol. The molecule has 0 amide bonds. The van der Waals surface area contributed by atoms with Crippen LogP contribution in [0.15, 0.2) is 36.4 Å². The largest absolute Gasteiger partial charge is 0.506 e. The third kappa shape index (κ3) is 2.47. The highest BCUT2D eigenvalue weighted by Crippen LogP contribution is 2.22. The number of benzene rings is 1. The number of phenols is 1. The molecule has 17 heavy (non-hydrogen) atoms. The van der Waals surface area contributed by atoms with Crippen LogP contribution in [0.5, 0.6) is 5.75 Å². The summed E-state index contributed by atoms with van der Waals surface area (Å²) in [7, 11) is 1.79. The normalized spacial score (nSPS) is 17.8. The molecule has 3 N–H and O–H groups in total. The second-order valence-electron chi connectivity index (χ2n) is 3.72. The lowest BCUT2D eigenvalue weighted by Gasteiger charge is -2.26. The summed E-state index contributed by atoms with van der Waals surface area (Å²) < 4.78 is 0. The number of phenolic OH excluding ortho intramolecular Hbond substituents is 1. The molecular formula is C13H13N3O. The van der Waals surface area contributed by atoms with E-state index in [1.165, 1.54) is 0 Å². The summed E-state index contributed by atoms with van der Waals surface area (Å²) in [5.74, 6) is 5.93. The summed E-state index contributed by atoms with van der Waals surface area (Å²) >= 11 is 0. The average molecular weight is 227 g/mol. The molecule has 2 rings (SSSR count). The molecule has 0 saturated carbocycles. The number of para-hydroxylation sites is 2. The Hall–Kier alpha value is -2.25. The van der Waals surface area contributed by atoms with Gasteiger partial charge in [-0.1, -0.05) is 24.0 Å². The minimum atomic E-state index is -0.306. The van der Waals surface area contributed by atoms with E-state index in [9.17, 15) is 5.11 Å². The number of hydrazine groups is 1. The van der Waals surface area contributed by atoms with Crippen molar-refractivity contribution in [2.24, 2.45) is 0 Å². The van der Waals surface area contributed by atoms with Crippen LogP contribution in [0.2, 0.25) is 0 Å². The summed E-state index contributed by atoms with van der Waals surface area (Å²) in [6, 6.07) is 6.65. The fourth-order valence-corrected chi connectivity index (χ4v) is 1.56. The zero-order valence-electron chi connectivity index (χ0n) is 9.44. The minimum absolute atomic E-state index is 0.171. The summed E-state index contributed by atoms with van der Waals surface area (Å²) in [6.45, 7) is 0. The molecule has 0 bridgehead atoms. The quantitative estimate of drug-likeness (QED) is 0.418. The predicted molar refractivity (Wildman–Crippen MR) is 67.9 cm³/mol. The molecule has 0 radical (unpaired) electrons. The maximum Gasteiger partial charge on any atom is 0.140 e. The van der Waals surface area contributed by atoms with Gasteiger partial charge in [0.05, 0.1) is 11.4 Å². The van der Waals surface area contributed by atoms with E-state index in [0.717, 1.165) is 0 Å². The van der Waals surface area contributed by atoms with Gasteiger partial charge in [0.1, 0.15) is 11.8 Å². The third-order valence-corrected chi connectivity index (χ3v) is 2.45. The highest BCUT2D eigenvalue weighted by atomic mass is 16.3. The Bertz CT molecular complexity index is 525. The number of anilines is 1. The van der Waals surface area contributed by atoms with Crippen LogP contribution >= 0.6 is 0 Å². The first kappa shape index (κ1) is 11.2. The van der Waals surface area contributed by atoms with E-state index in [0.29, 0.717) is 11.4 Å². The predicted octanol–water partition coefficient (Wildman–Crippen LogP) is 1.61. The van der Waals surface area contributed by atoms with Gasteiger partial charge in [-0.15, -0.1) is 0 Å². The topological polar surface area (TPSA) is 59.4 Å². The lowest BCUT2D eigenvalue weighted by Crippen LogP contribution is -2.40. The van der Waals surface area contributed by atoms with Crippen LogP contribution in [0.3, 0.4) is 0 Å². The molecule has 1 aromatic carbocycles. The minimum Gasteiger partial charge on any atom is -0.506 e. The van der Waals surface area contributed by atoms with E-state index in [-0.39, 0.29) is 11.8 Å². The van der Waals surface area contributed by atoms with Crippen LogP contribution in [0.4, 0.5) is 5.69 Å². The summed E-state index contributed by atoms with van der Waals surface area (Å²) in [5, 5.41) is 19.1. The van der Waals surface area contributed by atoms with Gasteiger partial charge in [-0.25, -0.2) is 5.01 Å². The molecule has 0 aromatic heterocycles. The maximum absolute atomic E-state index is 9.63. The van der Waals surface area contributed by atoms with Crippen molar-refractivity contribution < 1.29 is 5.11 Å². The van der Waals surface area contributed by atoms with Crippen molar-refractivity contribution in [3.63, 3.8) is 0 Å². The Morgan fingerprint density at radius 2 is 2.18 bits per heavy atom. The van der Waals surface area contributed by atoms with Gasteiger partial charge in [-0.2, -0.15) is 0 Å². The highest BCUT2D eigenvalue weighted by Gasteiger charge is 2.17. The van der Waals surface area contributed by atoms with Crippen LogP contribution in [-0.4, -0.2) is 28.9 Å². The first-order valence-electron chi connectivity index (χ1n) is 5.22. The van der Waals surface area contributed by atoms with Crippen molar-refractivity contribution in [3.8, 4) is 17.6 Å². The zero-order valence-corrected chi connectivity index (χ0v) is 9.44. The van der Waals surface area contributed by atoms with Gasteiger partial charge in [0.2, 0.25) is 0 Å². The van der Waals surface area contributed by atoms with E-state index in [1.807, 2.05) is 6.07 Å². The second-order valence-corrected chi connectivity index (χ2v) is 3.72. The van der Waals surface area contributed by atoms with Crippen LogP contribution in [-0.2, 0) is 0 Å². The molecule has 1 aliphatic carbocycles. The number of aromatic hydroxyl groups is 1. The fraction of sp³-hybridized carbons (Fsp3) is 0.154. The van der Waals surface area contributed by atoms with Crippen molar-refractivity contribution in [1.29, 1.82) is 5.41 Å². The van der Waals surface area contributed by atoms with E-state index in [1.54, 1.807) is 42.4 Å². The molecule has 1 unspecified atom stereocenters. The molecule has 0 fully saturated rings. The van der Waals surface area contributed by atoms with E-state index in [2.05, 4.69) is 17.3 Å². The molecular weight excluding hydrogens is 214 g/mol. The zero-order chi connectivity index (χ0) is 12.3. The molecule has 1 atom stereocenters. The summed E-state index contributed by atoms with van der Waals surface area (Å²) in [4.78, 5) is 0. The molecule has 1 aromatic rings. The average Bonchev–Trinajstić information content (AvgIpc) is 2.32. The second kappa shape index (κ2) is 4.73. The molecule has 0 aliphatic heterocycles. The number of hydrogen-bond acceptors (Lipinski definition) is 4. The SMILES string of the molecule is CN(Nc1ccccc1O)C1C#CC=CC1=N. The van der Waals surface area contributed by atoms with E-state index in [4.69, 9.17) is 5.41 Å². The van der Waals surface area contributed by atoms with Gasteiger partial charge in [-0.05, 0) is 24.3 Å². The third-order valence-electron chi connectivity index (χ3n) is 2.45. The molecule has 0 spiro atoms. The number of hydrogen-bond donors (Lipinski definition) is 3. The Morgan fingerprint density at radius 3 is 2.88 bits per heavy atom. The van der Waals surface area contributed by atoms with Crippen molar-refractivity contribution >= 4 is 11.4 Å². The molecule has 4 nitrogen and oxygen atoms in total. The highest BCUT2D eigenvalue weighted by molar-refractivity contribution is 6.00. The lowest BCUT2D eigenvalue weighted by atomic mass is 10.1. The van der Waals surface area contributed by atoms with Gasteiger partial charge in [0.25, 0.3) is 0 Å². The van der Waals surface area contributed by atoms with Gasteiger partial charge < -0.3 is 15.9 Å². The van der Waals surface area contributed by atoms with E-state index < -0.39 is 0 Å². The van der Waals surface area contributed by atoms with Crippen molar-refractivity contribution in [2.45, 2.75) is 6.04 Å². The Morgan fingerprint density at radius 1 is 1.41 bits per heavy atom. The Labute approximate surface area is 100 Å². The number of allylic oxidation sites excluding steroid dienone is 1. The molecule has 4 heteroatoms. The van der Waals surface area contributed by atoms with Gasteiger partial charge >= 0.3 is 0 Å². The first-order chi connectivity index (χ1) is 8.18. The lowest BCUT2D eigenvalue weighted by molar-refractivity contribution is 0.401. The summed E-state index contributed by atoms with van der Waals surface area (Å²) in [6.07, 6.45) is 3.33. The standard InChI is InChI=1S/C13H13N3O/c1-16(12-8-4-2-6-10(12)14)15-11-7-3-5-9-13(11)17/h2-3,5-7,9,12,14-15,17H,1H3. The number of rotatable bonds is 3. The van der Waals surface area contributed by atoms with Crippen LogP contribution in [0.1, 0.15) is 0 Å². The number of nitrogens with one attached hydrogen (secondary N) is 2. The molecule has 1 aliphatic rings. The van der Waals surface area contributed by atoms with E-state index >= 15 is 0 Å². The summed E-state index contributed by atoms with van der Waals surface area (Å²) in [5.41, 5.74) is 4.04. The van der Waals surface area contributed by atoms with Crippen LogP contribution < -0.4 is 5.43 Å². The number of nitrogens with zero attached hydrogens (tertiary/aromatic N) is 1. The van der Waals surface area contributed by atoms with Crippen LogP contribution in [0.25, 0.3) is 0 Å². The van der Waals surface area contributed by atoms with Crippen LogP contribution in [0, 0.1) is 17.3 Å². The van der Waals surface area contributed by atoms with Crippen molar-refractivity contribution in [1.82, 2.24) is 5.01 Å². The van der Waals surface area contributed by atoms with Gasteiger partial charge in [0.15, 0.2) is 0 Å². The maximum atomic E-state index is 9.63. The molecule has 0 heterocycles. The Balaban J connectivity index is 2.11. The first-order valence-corrected chi connectivity index (χ1v) is 5.22. The van der Waals surface area contributed by atoms with Gasteiger partial charge in [-0.3, -0.25) is 0 Å². The van der Waals surface area contributed by atoms with Crippen molar-refractivity contribution in [2.75, 3.05) is 12.5 Å².